The van der Waals surface area contributed by atoms with Crippen molar-refractivity contribution in [1.82, 2.24) is 4.90 Å². The van der Waals surface area contributed by atoms with Crippen LogP contribution in [0.5, 0.6) is 0 Å². The van der Waals surface area contributed by atoms with Gasteiger partial charge in [0.05, 0.1) is 25.3 Å². The van der Waals surface area contributed by atoms with Crippen molar-refractivity contribution in [2.75, 3.05) is 18.9 Å². The second kappa shape index (κ2) is 6.26. The van der Waals surface area contributed by atoms with Gasteiger partial charge in [-0.1, -0.05) is 6.07 Å². The molecule has 1 aromatic carbocycles. The van der Waals surface area contributed by atoms with Crippen LogP contribution < -0.4 is 5.73 Å². The molecule has 1 aromatic rings. The average Bonchev–Trinajstić information content (AvgIpc) is 2.32. The first-order valence-corrected chi connectivity index (χ1v) is 6.27. The van der Waals surface area contributed by atoms with E-state index >= 15 is 0 Å². The fourth-order valence-electron chi connectivity index (χ4n) is 2.41. The van der Waals surface area contributed by atoms with Crippen LogP contribution in [-0.4, -0.2) is 36.1 Å². The minimum absolute atomic E-state index is 0. The Hall–Kier alpha value is -1.26. The molecule has 0 saturated carbocycles. The number of carbonyl (C=O) groups excluding carboxylic acids is 1. The molecule has 1 aliphatic heterocycles. The van der Waals surface area contributed by atoms with Crippen molar-refractivity contribution in [3.05, 3.63) is 29.3 Å². The maximum Gasteiger partial charge on any atom is 0.254 e. The van der Waals surface area contributed by atoms with Gasteiger partial charge < -0.3 is 15.4 Å². The summed E-state index contributed by atoms with van der Waals surface area (Å²) in [6.45, 7) is 7.14. The fourth-order valence-corrected chi connectivity index (χ4v) is 2.41. The first-order chi connectivity index (χ1) is 8.50. The third-order valence-electron chi connectivity index (χ3n) is 3.39. The predicted molar refractivity (Wildman–Crippen MR) is 78.8 cm³/mol. The third kappa shape index (κ3) is 3.19. The number of rotatable bonds is 1. The minimum atomic E-state index is 0. The average molecular weight is 285 g/mol. The van der Waals surface area contributed by atoms with E-state index in [9.17, 15) is 4.79 Å². The topological polar surface area (TPSA) is 55.6 Å². The number of nitrogen functional groups attached to an aromatic ring is 1. The van der Waals surface area contributed by atoms with Crippen LogP contribution in [0.3, 0.4) is 0 Å². The lowest BCUT2D eigenvalue weighted by Gasteiger charge is -2.39. The van der Waals surface area contributed by atoms with E-state index in [2.05, 4.69) is 0 Å². The summed E-state index contributed by atoms with van der Waals surface area (Å²) in [5.41, 5.74) is 8.04. The fraction of sp³-hybridized carbons (Fsp3) is 0.500. The number of nitrogens with zero attached hydrogens (tertiary/aromatic N) is 1. The lowest BCUT2D eigenvalue weighted by molar-refractivity contribution is -0.0249. The zero-order chi connectivity index (χ0) is 13.3. The Morgan fingerprint density at radius 2 is 1.89 bits per heavy atom. The van der Waals surface area contributed by atoms with E-state index in [1.54, 1.807) is 6.07 Å². The first kappa shape index (κ1) is 15.8. The summed E-state index contributed by atoms with van der Waals surface area (Å²) in [7, 11) is 0. The minimum Gasteiger partial charge on any atom is -0.399 e. The zero-order valence-corrected chi connectivity index (χ0v) is 12.4. The summed E-state index contributed by atoms with van der Waals surface area (Å²) >= 11 is 0. The number of benzene rings is 1. The van der Waals surface area contributed by atoms with E-state index in [4.69, 9.17) is 10.5 Å². The lowest BCUT2D eigenvalue weighted by atomic mass is 10.0. The maximum absolute atomic E-state index is 12.6. The van der Waals surface area contributed by atoms with Crippen molar-refractivity contribution in [2.45, 2.75) is 32.9 Å². The molecule has 4 nitrogen and oxygen atoms in total. The van der Waals surface area contributed by atoms with Gasteiger partial charge in [0.1, 0.15) is 0 Å². The second-order valence-electron chi connectivity index (χ2n) is 5.02. The molecule has 1 saturated heterocycles. The number of morpholine rings is 1. The van der Waals surface area contributed by atoms with Crippen LogP contribution >= 0.6 is 12.4 Å². The highest BCUT2D eigenvalue weighted by molar-refractivity contribution is 5.97. The van der Waals surface area contributed by atoms with Crippen LogP contribution in [0.4, 0.5) is 5.69 Å². The Kier molecular flexibility index (Phi) is 5.20. The Balaban J connectivity index is 0.00000180. The Bertz CT molecular complexity index is 455. The molecule has 1 aliphatic rings. The molecule has 2 atom stereocenters. The molecule has 2 rings (SSSR count). The third-order valence-corrected chi connectivity index (χ3v) is 3.39. The van der Waals surface area contributed by atoms with Crippen LogP contribution in [0, 0.1) is 6.92 Å². The van der Waals surface area contributed by atoms with Crippen molar-refractivity contribution >= 4 is 24.0 Å². The molecule has 1 amide bonds. The maximum atomic E-state index is 12.6. The normalized spacial score (nSPS) is 22.8. The van der Waals surface area contributed by atoms with Gasteiger partial charge in [-0.2, -0.15) is 0 Å². The number of anilines is 1. The van der Waals surface area contributed by atoms with Gasteiger partial charge in [0.15, 0.2) is 0 Å². The molecule has 2 unspecified atom stereocenters. The summed E-state index contributed by atoms with van der Waals surface area (Å²) in [6.07, 6.45) is 0. The van der Waals surface area contributed by atoms with E-state index < -0.39 is 0 Å². The molecule has 1 heterocycles. The zero-order valence-electron chi connectivity index (χ0n) is 11.6. The summed E-state index contributed by atoms with van der Waals surface area (Å²) in [4.78, 5) is 14.5. The van der Waals surface area contributed by atoms with Crippen LogP contribution in [0.25, 0.3) is 0 Å². The number of aryl methyl sites for hydroxylation is 1. The van der Waals surface area contributed by atoms with Crippen molar-refractivity contribution in [2.24, 2.45) is 0 Å². The molecule has 0 bridgehead atoms. The SMILES string of the molecule is Cc1ccc(N)cc1C(=O)N1C(C)COCC1C.Cl. The van der Waals surface area contributed by atoms with Crippen molar-refractivity contribution in [1.29, 1.82) is 0 Å². The molecule has 0 aromatic heterocycles. The molecular weight excluding hydrogens is 264 g/mol. The summed E-state index contributed by atoms with van der Waals surface area (Å²) < 4.78 is 5.45. The number of hydrogen-bond donors (Lipinski definition) is 1. The molecule has 2 N–H and O–H groups in total. The monoisotopic (exact) mass is 284 g/mol. The summed E-state index contributed by atoms with van der Waals surface area (Å²) in [6, 6.07) is 5.66. The van der Waals surface area contributed by atoms with Gasteiger partial charge >= 0.3 is 0 Å². The van der Waals surface area contributed by atoms with Gasteiger partial charge in [-0.05, 0) is 38.5 Å². The van der Waals surface area contributed by atoms with Gasteiger partial charge in [0.2, 0.25) is 0 Å². The number of ether oxygens (including phenoxy) is 1. The smallest absolute Gasteiger partial charge is 0.254 e. The van der Waals surface area contributed by atoms with Crippen LogP contribution in [0.2, 0.25) is 0 Å². The van der Waals surface area contributed by atoms with E-state index in [1.165, 1.54) is 0 Å². The quantitative estimate of drug-likeness (QED) is 0.805. The standard InChI is InChI=1S/C14H20N2O2.ClH/c1-9-4-5-12(15)6-13(9)14(17)16-10(2)7-18-8-11(16)3;/h4-6,10-11H,7-8,15H2,1-3H3;1H. The predicted octanol–water partition coefficient (Wildman–Crippen LogP) is 2.25. The highest BCUT2D eigenvalue weighted by Crippen LogP contribution is 2.20. The van der Waals surface area contributed by atoms with Crippen molar-refractivity contribution in [3.8, 4) is 0 Å². The number of hydrogen-bond acceptors (Lipinski definition) is 3. The van der Waals surface area contributed by atoms with E-state index in [0.29, 0.717) is 24.5 Å². The molecule has 5 heteroatoms. The van der Waals surface area contributed by atoms with Crippen LogP contribution in [0.15, 0.2) is 18.2 Å². The molecule has 0 spiro atoms. The van der Waals surface area contributed by atoms with Crippen molar-refractivity contribution < 1.29 is 9.53 Å². The molecular formula is C14H21ClN2O2. The number of nitrogens with two attached hydrogens (primary N) is 1. The van der Waals surface area contributed by atoms with Gasteiger partial charge in [-0.3, -0.25) is 4.79 Å². The Labute approximate surface area is 120 Å². The lowest BCUT2D eigenvalue weighted by Crippen LogP contribution is -2.52. The number of carbonyl (C=O) groups is 1. The molecule has 0 aliphatic carbocycles. The van der Waals surface area contributed by atoms with Gasteiger partial charge in [-0.25, -0.2) is 0 Å². The van der Waals surface area contributed by atoms with E-state index in [-0.39, 0.29) is 30.4 Å². The summed E-state index contributed by atoms with van der Waals surface area (Å²) in [5.74, 6) is 0.0445. The van der Waals surface area contributed by atoms with Crippen molar-refractivity contribution in [3.63, 3.8) is 0 Å². The molecule has 19 heavy (non-hydrogen) atoms. The van der Waals surface area contributed by atoms with Gasteiger partial charge in [-0.15, -0.1) is 12.4 Å². The summed E-state index contributed by atoms with van der Waals surface area (Å²) in [5, 5.41) is 0. The highest BCUT2D eigenvalue weighted by Gasteiger charge is 2.30. The van der Waals surface area contributed by atoms with E-state index in [0.717, 1.165) is 5.56 Å². The number of amides is 1. The van der Waals surface area contributed by atoms with Gasteiger partial charge in [0, 0.05) is 11.3 Å². The van der Waals surface area contributed by atoms with Crippen LogP contribution in [0.1, 0.15) is 29.8 Å². The first-order valence-electron chi connectivity index (χ1n) is 6.27. The van der Waals surface area contributed by atoms with Gasteiger partial charge in [0.25, 0.3) is 5.91 Å². The largest absolute Gasteiger partial charge is 0.399 e. The number of halogens is 1. The molecule has 0 radical (unpaired) electrons. The molecule has 1 fully saturated rings. The Morgan fingerprint density at radius 1 is 1.32 bits per heavy atom. The highest BCUT2D eigenvalue weighted by atomic mass is 35.5. The van der Waals surface area contributed by atoms with Crippen LogP contribution in [-0.2, 0) is 4.74 Å². The van der Waals surface area contributed by atoms with E-state index in [1.807, 2.05) is 37.8 Å². The second-order valence-corrected chi connectivity index (χ2v) is 5.02. The Morgan fingerprint density at radius 3 is 2.47 bits per heavy atom. The molecule has 106 valence electrons.